The van der Waals surface area contributed by atoms with E-state index in [2.05, 4.69) is 9.72 Å². The maximum Gasteiger partial charge on any atom is 0.434 e. The minimum absolute atomic E-state index is 0.0521. The highest BCUT2D eigenvalue weighted by Gasteiger charge is 2.38. The summed E-state index contributed by atoms with van der Waals surface area (Å²) in [6.07, 6.45) is -2.81. The van der Waals surface area contributed by atoms with E-state index in [0.29, 0.717) is 4.73 Å². The monoisotopic (exact) mass is 286 g/mol. The Morgan fingerprint density at radius 3 is 2.80 bits per heavy atom. The Bertz CT molecular complexity index is 671. The molecule has 5 nitrogen and oxygen atoms in total. The van der Waals surface area contributed by atoms with Gasteiger partial charge in [0.05, 0.1) is 12.2 Å². The zero-order valence-electron chi connectivity index (χ0n) is 10.3. The van der Waals surface area contributed by atoms with Crippen molar-refractivity contribution in [3.63, 3.8) is 0 Å². The van der Waals surface area contributed by atoms with Crippen molar-refractivity contribution < 1.29 is 27.4 Å². The van der Waals surface area contributed by atoms with E-state index in [1.165, 1.54) is 13.0 Å². The van der Waals surface area contributed by atoms with Crippen molar-refractivity contribution in [3.8, 4) is 0 Å². The number of rotatable bonds is 2. The summed E-state index contributed by atoms with van der Waals surface area (Å²) in [6, 6.07) is 2.29. The Hall–Kier alpha value is -2.38. The summed E-state index contributed by atoms with van der Waals surface area (Å²) in [4.78, 5) is 15.0. The van der Waals surface area contributed by atoms with Crippen molar-refractivity contribution in [1.29, 1.82) is 0 Å². The maximum absolute atomic E-state index is 12.9. The van der Waals surface area contributed by atoms with Gasteiger partial charge in [-0.25, -0.2) is 9.78 Å². The number of carbonyl (C=O) groups is 1. The first kappa shape index (κ1) is 14.0. The average molecular weight is 286 g/mol. The Labute approximate surface area is 111 Å². The van der Waals surface area contributed by atoms with Gasteiger partial charge in [-0.3, -0.25) is 0 Å². The molecule has 0 saturated heterocycles. The molecule has 2 aromatic rings. The lowest BCUT2D eigenvalue weighted by Gasteiger charge is -2.12. The molecule has 0 fully saturated rings. The number of carbonyl (C=O) groups excluding carboxylic acids is 1. The average Bonchev–Trinajstić information content (AvgIpc) is 2.36. The molecule has 2 aromatic heterocycles. The summed E-state index contributed by atoms with van der Waals surface area (Å²) < 4.78 is 43.7. The Morgan fingerprint density at radius 2 is 2.20 bits per heavy atom. The van der Waals surface area contributed by atoms with Gasteiger partial charge < -0.3 is 9.94 Å². The summed E-state index contributed by atoms with van der Waals surface area (Å²) in [7, 11) is 0. The van der Waals surface area contributed by atoms with E-state index in [9.17, 15) is 23.2 Å². The molecule has 0 aliphatic heterocycles. The minimum atomic E-state index is -4.82. The smallest absolute Gasteiger partial charge is 0.434 e. The van der Waals surface area contributed by atoms with Crippen LogP contribution in [0.4, 0.5) is 13.2 Å². The van der Waals surface area contributed by atoms with Crippen LogP contribution in [-0.4, -0.2) is 17.6 Å². The number of hydrogen-bond acceptors (Lipinski definition) is 4. The predicted molar refractivity (Wildman–Crippen MR) is 61.7 cm³/mol. The van der Waals surface area contributed by atoms with E-state index >= 15 is 0 Å². The minimum Gasteiger partial charge on any atom is -0.619 e. The first-order chi connectivity index (χ1) is 9.32. The van der Waals surface area contributed by atoms with Crippen molar-refractivity contribution in [1.82, 2.24) is 4.98 Å². The van der Waals surface area contributed by atoms with Crippen LogP contribution in [0.1, 0.15) is 23.0 Å². The number of pyridine rings is 2. The summed E-state index contributed by atoms with van der Waals surface area (Å²) in [5.74, 6) is -1.10. The van der Waals surface area contributed by atoms with E-state index in [0.717, 1.165) is 18.5 Å². The van der Waals surface area contributed by atoms with Gasteiger partial charge in [-0.15, -0.1) is 0 Å². The highest BCUT2D eigenvalue weighted by Crippen LogP contribution is 2.32. The molecule has 0 atom stereocenters. The molecule has 0 radical (unpaired) electrons. The molecule has 0 N–H and O–H groups in total. The summed E-state index contributed by atoms with van der Waals surface area (Å²) in [5, 5.41) is 11.3. The van der Waals surface area contributed by atoms with Crippen molar-refractivity contribution in [2.75, 3.05) is 6.61 Å². The normalized spacial score (nSPS) is 11.6. The molecule has 0 aliphatic rings. The molecule has 0 aliphatic carbocycles. The lowest BCUT2D eigenvalue weighted by Crippen LogP contribution is -2.25. The van der Waals surface area contributed by atoms with Crippen LogP contribution in [0.25, 0.3) is 10.9 Å². The molecule has 0 unspecified atom stereocenters. The number of alkyl halides is 3. The van der Waals surface area contributed by atoms with Crippen LogP contribution in [0, 0.1) is 5.21 Å². The van der Waals surface area contributed by atoms with Crippen molar-refractivity contribution >= 4 is 16.9 Å². The topological polar surface area (TPSA) is 66.1 Å². The first-order valence-electron chi connectivity index (χ1n) is 5.61. The molecule has 0 amide bonds. The number of fused-ring (bicyclic) bond motifs is 1. The lowest BCUT2D eigenvalue weighted by molar-refractivity contribution is -0.604. The van der Waals surface area contributed by atoms with Crippen LogP contribution >= 0.6 is 0 Å². The first-order valence-corrected chi connectivity index (χ1v) is 5.61. The van der Waals surface area contributed by atoms with Gasteiger partial charge >= 0.3 is 12.1 Å². The molecule has 0 saturated carbocycles. The van der Waals surface area contributed by atoms with Crippen molar-refractivity contribution in [2.24, 2.45) is 0 Å². The Kier molecular flexibility index (Phi) is 3.47. The standard InChI is InChI=1S/C12H9F3N2O3/c1-2-20-11(18)8-5-7-3-4-17(19)6-9(7)16-10(8)12(13,14)15/h3-6H,2H2,1H3. The number of aromatic nitrogens is 2. The van der Waals surface area contributed by atoms with E-state index < -0.39 is 23.4 Å². The van der Waals surface area contributed by atoms with Gasteiger partial charge in [-0.2, -0.15) is 17.9 Å². The fraction of sp³-hybridized carbons (Fsp3) is 0.250. The molecule has 0 aromatic carbocycles. The summed E-state index contributed by atoms with van der Waals surface area (Å²) in [5.41, 5.74) is -2.19. The third-order valence-electron chi connectivity index (χ3n) is 2.50. The van der Waals surface area contributed by atoms with Gasteiger partial charge in [0.15, 0.2) is 11.9 Å². The SMILES string of the molecule is CCOC(=O)c1cc2cc[n+]([O-])cc2nc1C(F)(F)F. The van der Waals surface area contributed by atoms with E-state index in [1.807, 2.05) is 0 Å². The zero-order valence-corrected chi connectivity index (χ0v) is 10.3. The second-order valence-corrected chi connectivity index (χ2v) is 3.88. The van der Waals surface area contributed by atoms with Crippen LogP contribution in [0.5, 0.6) is 0 Å². The van der Waals surface area contributed by atoms with Gasteiger partial charge in [-0.05, 0) is 13.0 Å². The molecule has 2 rings (SSSR count). The third kappa shape index (κ3) is 2.63. The molecule has 106 valence electrons. The highest BCUT2D eigenvalue weighted by molar-refractivity contribution is 5.95. The molecular weight excluding hydrogens is 277 g/mol. The number of halogens is 3. The van der Waals surface area contributed by atoms with Gasteiger partial charge in [0.2, 0.25) is 6.20 Å². The van der Waals surface area contributed by atoms with Crippen molar-refractivity contribution in [2.45, 2.75) is 13.1 Å². The van der Waals surface area contributed by atoms with Crippen LogP contribution in [0.3, 0.4) is 0 Å². The third-order valence-corrected chi connectivity index (χ3v) is 2.50. The fourth-order valence-electron chi connectivity index (χ4n) is 1.68. The number of hydrogen-bond donors (Lipinski definition) is 0. The van der Waals surface area contributed by atoms with Crippen LogP contribution < -0.4 is 4.73 Å². The second-order valence-electron chi connectivity index (χ2n) is 3.88. The number of esters is 1. The second kappa shape index (κ2) is 4.95. The molecule has 8 heteroatoms. The van der Waals surface area contributed by atoms with E-state index in [-0.39, 0.29) is 17.5 Å². The van der Waals surface area contributed by atoms with Crippen LogP contribution in [0.15, 0.2) is 24.5 Å². The summed E-state index contributed by atoms with van der Waals surface area (Å²) in [6.45, 7) is 1.43. The van der Waals surface area contributed by atoms with Gasteiger partial charge in [-0.1, -0.05) is 0 Å². The fourth-order valence-corrected chi connectivity index (χ4v) is 1.68. The van der Waals surface area contributed by atoms with Crippen molar-refractivity contribution in [3.05, 3.63) is 41.0 Å². The lowest BCUT2D eigenvalue weighted by atomic mass is 10.1. The van der Waals surface area contributed by atoms with Crippen LogP contribution in [0.2, 0.25) is 0 Å². The Morgan fingerprint density at radius 1 is 1.50 bits per heavy atom. The molecule has 2 heterocycles. The highest BCUT2D eigenvalue weighted by atomic mass is 19.4. The number of ether oxygens (including phenoxy) is 1. The Balaban J connectivity index is 2.70. The quantitative estimate of drug-likeness (QED) is 0.481. The zero-order chi connectivity index (χ0) is 14.9. The van der Waals surface area contributed by atoms with Gasteiger partial charge in [0.25, 0.3) is 0 Å². The van der Waals surface area contributed by atoms with Gasteiger partial charge in [0, 0.05) is 11.5 Å². The van der Waals surface area contributed by atoms with E-state index in [4.69, 9.17) is 0 Å². The largest absolute Gasteiger partial charge is 0.619 e. The number of nitrogens with zero attached hydrogens (tertiary/aromatic N) is 2. The summed E-state index contributed by atoms with van der Waals surface area (Å²) >= 11 is 0. The van der Waals surface area contributed by atoms with Crippen LogP contribution in [-0.2, 0) is 10.9 Å². The van der Waals surface area contributed by atoms with E-state index in [1.54, 1.807) is 0 Å². The van der Waals surface area contributed by atoms with Gasteiger partial charge in [0.1, 0.15) is 5.52 Å². The predicted octanol–water partition coefficient (Wildman–Crippen LogP) is 2.06. The molecule has 0 bridgehead atoms. The molecule has 20 heavy (non-hydrogen) atoms. The molecular formula is C12H9F3N2O3. The molecule has 0 spiro atoms. The maximum atomic E-state index is 12.9.